The summed E-state index contributed by atoms with van der Waals surface area (Å²) in [5.74, 6) is 0.0218. The van der Waals surface area contributed by atoms with Crippen LogP contribution in [0.1, 0.15) is 59.2 Å². The highest BCUT2D eigenvalue weighted by Gasteiger charge is 2.38. The molecule has 1 aliphatic rings. The number of piperidine rings is 1. The Morgan fingerprint density at radius 2 is 1.95 bits per heavy atom. The summed E-state index contributed by atoms with van der Waals surface area (Å²) < 4.78 is 2.64. The molecule has 0 bridgehead atoms. The van der Waals surface area contributed by atoms with Crippen molar-refractivity contribution in [3.8, 4) is 0 Å². The second kappa shape index (κ2) is 5.96. The topological polar surface area (TPSA) is 59.0 Å². The normalized spacial score (nSPS) is 22.3. The quantitative estimate of drug-likeness (QED) is 0.859. The van der Waals surface area contributed by atoms with Crippen LogP contribution < -0.4 is 10.6 Å². The first-order valence-corrected chi connectivity index (χ1v) is 8.59. The molecule has 0 radical (unpaired) electrons. The van der Waals surface area contributed by atoms with E-state index in [0.717, 1.165) is 23.0 Å². The van der Waals surface area contributed by atoms with Crippen molar-refractivity contribution in [2.75, 3.05) is 0 Å². The highest BCUT2D eigenvalue weighted by Crippen LogP contribution is 2.28. The van der Waals surface area contributed by atoms with Crippen molar-refractivity contribution in [1.29, 1.82) is 0 Å². The van der Waals surface area contributed by atoms with Crippen LogP contribution in [0.3, 0.4) is 0 Å². The number of amides is 1. The van der Waals surface area contributed by atoms with E-state index in [-0.39, 0.29) is 29.1 Å². The zero-order valence-electron chi connectivity index (χ0n) is 14.3. The molecule has 0 aromatic carbocycles. The summed E-state index contributed by atoms with van der Waals surface area (Å²) in [7, 11) is 0. The van der Waals surface area contributed by atoms with Crippen LogP contribution in [0.5, 0.6) is 0 Å². The maximum Gasteiger partial charge on any atom is 0.244 e. The highest BCUT2D eigenvalue weighted by molar-refractivity contribution is 9.10. The average Bonchev–Trinajstić information content (AvgIpc) is 2.64. The third-order valence-electron chi connectivity index (χ3n) is 4.17. The number of aromatic nitrogens is 2. The molecule has 2 rings (SSSR count). The molecular formula is C16H27BrN4O. The van der Waals surface area contributed by atoms with Gasteiger partial charge in [-0.3, -0.25) is 9.48 Å². The van der Waals surface area contributed by atoms with Gasteiger partial charge in [-0.25, -0.2) is 0 Å². The smallest absolute Gasteiger partial charge is 0.244 e. The van der Waals surface area contributed by atoms with Crippen LogP contribution in [-0.4, -0.2) is 32.8 Å². The number of halogens is 1. The fourth-order valence-electron chi connectivity index (χ4n) is 3.52. The molecule has 2 N–H and O–H groups in total. The zero-order chi connectivity index (χ0) is 16.7. The van der Waals surface area contributed by atoms with Gasteiger partial charge in [0.1, 0.15) is 6.04 Å². The molecular weight excluding hydrogens is 344 g/mol. The van der Waals surface area contributed by atoms with Crippen molar-refractivity contribution < 1.29 is 4.79 Å². The van der Waals surface area contributed by atoms with Gasteiger partial charge in [0.25, 0.3) is 0 Å². The van der Waals surface area contributed by atoms with Gasteiger partial charge in [-0.15, -0.1) is 0 Å². The molecule has 6 heteroatoms. The van der Waals surface area contributed by atoms with Crippen LogP contribution in [0.4, 0.5) is 0 Å². The molecule has 2 heterocycles. The number of rotatable bonds is 3. The second-order valence-electron chi connectivity index (χ2n) is 7.72. The number of nitrogens with zero attached hydrogens (tertiary/aromatic N) is 2. The van der Waals surface area contributed by atoms with Crippen LogP contribution >= 0.6 is 15.9 Å². The Hall–Kier alpha value is -0.880. The standard InChI is InChI=1S/C16H27BrN4O/c1-10-13(17)9-21(19-10)11(2)14(22)18-12-7-15(3,4)20-16(5,6)8-12/h9,11-12,20H,7-8H2,1-6H3,(H,18,22). The predicted molar refractivity (Wildman–Crippen MR) is 91.8 cm³/mol. The van der Waals surface area contributed by atoms with E-state index < -0.39 is 0 Å². The molecule has 5 nitrogen and oxygen atoms in total. The van der Waals surface area contributed by atoms with Gasteiger partial charge in [-0.1, -0.05) is 0 Å². The third kappa shape index (κ3) is 4.10. The van der Waals surface area contributed by atoms with Crippen molar-refractivity contribution in [1.82, 2.24) is 20.4 Å². The van der Waals surface area contributed by atoms with Gasteiger partial charge in [0, 0.05) is 23.3 Å². The van der Waals surface area contributed by atoms with Crippen LogP contribution in [-0.2, 0) is 4.79 Å². The molecule has 124 valence electrons. The molecule has 1 unspecified atom stereocenters. The number of hydrogen-bond donors (Lipinski definition) is 2. The molecule has 22 heavy (non-hydrogen) atoms. The summed E-state index contributed by atoms with van der Waals surface area (Å²) in [6.07, 6.45) is 3.71. The lowest BCUT2D eigenvalue weighted by Gasteiger charge is -2.46. The first-order chi connectivity index (χ1) is 9.99. The van der Waals surface area contributed by atoms with Gasteiger partial charge >= 0.3 is 0 Å². The molecule has 0 spiro atoms. The van der Waals surface area contributed by atoms with Crippen LogP contribution in [0.2, 0.25) is 0 Å². The summed E-state index contributed by atoms with van der Waals surface area (Å²) >= 11 is 3.44. The Bertz CT molecular complexity index is 529. The minimum atomic E-state index is -0.314. The van der Waals surface area contributed by atoms with E-state index in [9.17, 15) is 4.79 Å². The maximum absolute atomic E-state index is 12.5. The summed E-state index contributed by atoms with van der Waals surface area (Å²) in [5, 5.41) is 11.2. The Kier molecular flexibility index (Phi) is 4.74. The van der Waals surface area contributed by atoms with Crippen molar-refractivity contribution >= 4 is 21.8 Å². The first kappa shape index (κ1) is 17.5. The summed E-state index contributed by atoms with van der Waals surface area (Å²) in [4.78, 5) is 12.5. The van der Waals surface area contributed by atoms with Crippen molar-refractivity contribution in [3.63, 3.8) is 0 Å². The number of aryl methyl sites for hydroxylation is 1. The van der Waals surface area contributed by atoms with Crippen molar-refractivity contribution in [3.05, 3.63) is 16.4 Å². The Balaban J connectivity index is 2.05. The number of nitrogens with one attached hydrogen (secondary N) is 2. The van der Waals surface area contributed by atoms with Crippen molar-refractivity contribution in [2.45, 2.75) is 77.5 Å². The van der Waals surface area contributed by atoms with E-state index in [4.69, 9.17) is 0 Å². The van der Waals surface area contributed by atoms with Crippen LogP contribution in [0.15, 0.2) is 10.7 Å². The lowest BCUT2D eigenvalue weighted by Crippen LogP contribution is -2.62. The van der Waals surface area contributed by atoms with E-state index in [1.165, 1.54) is 0 Å². The molecule has 1 aromatic rings. The third-order valence-corrected chi connectivity index (χ3v) is 4.95. The summed E-state index contributed by atoms with van der Waals surface area (Å²) in [6, 6.07) is -0.132. The fourth-order valence-corrected chi connectivity index (χ4v) is 3.81. The lowest BCUT2D eigenvalue weighted by molar-refractivity contribution is -0.125. The van der Waals surface area contributed by atoms with Crippen LogP contribution in [0, 0.1) is 6.92 Å². The van der Waals surface area contributed by atoms with Gasteiger partial charge in [-0.05, 0) is 70.3 Å². The fraction of sp³-hybridized carbons (Fsp3) is 0.750. The minimum Gasteiger partial charge on any atom is -0.351 e. The molecule has 0 aliphatic carbocycles. The largest absolute Gasteiger partial charge is 0.351 e. The Morgan fingerprint density at radius 3 is 2.41 bits per heavy atom. The number of carbonyl (C=O) groups is 1. The van der Waals surface area contributed by atoms with Gasteiger partial charge in [-0.2, -0.15) is 5.10 Å². The first-order valence-electron chi connectivity index (χ1n) is 7.80. The summed E-state index contributed by atoms with van der Waals surface area (Å²) in [6.45, 7) is 12.5. The minimum absolute atomic E-state index is 0.0218. The molecule has 1 atom stereocenters. The van der Waals surface area contributed by atoms with E-state index in [0.29, 0.717) is 0 Å². The van der Waals surface area contributed by atoms with Gasteiger partial charge in [0.2, 0.25) is 5.91 Å². The molecule has 1 fully saturated rings. The zero-order valence-corrected chi connectivity index (χ0v) is 15.9. The number of hydrogen-bond acceptors (Lipinski definition) is 3. The SMILES string of the molecule is Cc1nn(C(C)C(=O)NC2CC(C)(C)NC(C)(C)C2)cc1Br. The van der Waals surface area contributed by atoms with E-state index in [1.54, 1.807) is 4.68 Å². The van der Waals surface area contributed by atoms with Gasteiger partial charge in [0.05, 0.1) is 10.2 Å². The number of carbonyl (C=O) groups excluding carboxylic acids is 1. The molecule has 1 aliphatic heterocycles. The van der Waals surface area contributed by atoms with Crippen molar-refractivity contribution in [2.24, 2.45) is 0 Å². The highest BCUT2D eigenvalue weighted by atomic mass is 79.9. The maximum atomic E-state index is 12.5. The second-order valence-corrected chi connectivity index (χ2v) is 8.58. The monoisotopic (exact) mass is 370 g/mol. The van der Waals surface area contributed by atoms with Crippen LogP contribution in [0.25, 0.3) is 0 Å². The van der Waals surface area contributed by atoms with E-state index >= 15 is 0 Å². The van der Waals surface area contributed by atoms with Gasteiger partial charge < -0.3 is 10.6 Å². The Labute approximate surface area is 141 Å². The molecule has 1 aromatic heterocycles. The Morgan fingerprint density at radius 1 is 1.41 bits per heavy atom. The molecule has 0 saturated carbocycles. The molecule has 1 saturated heterocycles. The molecule has 1 amide bonds. The van der Waals surface area contributed by atoms with E-state index in [2.05, 4.69) is 59.4 Å². The van der Waals surface area contributed by atoms with Gasteiger partial charge in [0.15, 0.2) is 0 Å². The lowest BCUT2D eigenvalue weighted by atomic mass is 9.79. The summed E-state index contributed by atoms with van der Waals surface area (Å²) in [5.41, 5.74) is 0.937. The predicted octanol–water partition coefficient (Wildman–Crippen LogP) is 2.94. The van der Waals surface area contributed by atoms with E-state index in [1.807, 2.05) is 20.0 Å². The average molecular weight is 371 g/mol.